The smallest absolute Gasteiger partial charge is 0.254 e. The van der Waals surface area contributed by atoms with Crippen molar-refractivity contribution in [2.24, 2.45) is 5.92 Å². The number of hydrogen-bond acceptors (Lipinski definition) is 6. The van der Waals surface area contributed by atoms with E-state index in [1.165, 1.54) is 0 Å². The molecule has 4 heterocycles. The second-order valence-corrected chi connectivity index (χ2v) is 10.9. The summed E-state index contributed by atoms with van der Waals surface area (Å²) in [6.07, 6.45) is 4.64. The molecule has 3 atom stereocenters. The zero-order valence-corrected chi connectivity index (χ0v) is 22.0. The number of aromatic nitrogens is 1. The lowest BCUT2D eigenvalue weighted by Gasteiger charge is -2.25. The van der Waals surface area contributed by atoms with E-state index in [-0.39, 0.29) is 42.0 Å². The summed E-state index contributed by atoms with van der Waals surface area (Å²) in [5.74, 6) is -0.471. The van der Waals surface area contributed by atoms with Gasteiger partial charge in [-0.1, -0.05) is 25.1 Å². The molecule has 3 aromatic rings. The van der Waals surface area contributed by atoms with Gasteiger partial charge in [0.25, 0.3) is 11.8 Å². The van der Waals surface area contributed by atoms with E-state index in [0.29, 0.717) is 43.5 Å². The Bertz CT molecular complexity index is 1310. The zero-order chi connectivity index (χ0) is 26.6. The Balaban J connectivity index is 1.10. The minimum absolute atomic E-state index is 0.0240. The van der Waals surface area contributed by atoms with Crippen molar-refractivity contribution < 1.29 is 19.2 Å². The van der Waals surface area contributed by atoms with Crippen molar-refractivity contribution in [1.82, 2.24) is 20.1 Å². The molecule has 1 aromatic carbocycles. The third-order valence-corrected chi connectivity index (χ3v) is 8.25. The number of thiophene rings is 1. The van der Waals surface area contributed by atoms with Gasteiger partial charge in [0, 0.05) is 47.9 Å². The highest BCUT2D eigenvalue weighted by Gasteiger charge is 2.51. The number of amides is 3. The Morgan fingerprint density at radius 2 is 1.82 bits per heavy atom. The van der Waals surface area contributed by atoms with Crippen LogP contribution in [0, 0.1) is 5.92 Å². The van der Waals surface area contributed by atoms with Crippen LogP contribution >= 0.6 is 11.3 Å². The largest absolute Gasteiger partial charge is 0.352 e. The molecule has 196 valence electrons. The van der Waals surface area contributed by atoms with Gasteiger partial charge >= 0.3 is 0 Å². The van der Waals surface area contributed by atoms with Crippen molar-refractivity contribution in [3.8, 4) is 10.4 Å². The fourth-order valence-electron chi connectivity index (χ4n) is 5.31. The number of rotatable bonds is 8. The predicted molar refractivity (Wildman–Crippen MR) is 145 cm³/mol. The number of fused-ring (bicyclic) bond motifs is 1. The van der Waals surface area contributed by atoms with Gasteiger partial charge in [-0.3, -0.25) is 24.2 Å². The van der Waals surface area contributed by atoms with Gasteiger partial charge in [-0.05, 0) is 60.0 Å². The van der Waals surface area contributed by atoms with Gasteiger partial charge in [0.05, 0.1) is 12.6 Å². The van der Waals surface area contributed by atoms with Gasteiger partial charge in [0.1, 0.15) is 6.04 Å². The molecule has 2 aliphatic rings. The normalized spacial score (nSPS) is 19.3. The van der Waals surface area contributed by atoms with Crippen LogP contribution in [-0.2, 0) is 9.59 Å². The molecule has 2 aromatic heterocycles. The maximum absolute atomic E-state index is 13.1. The van der Waals surface area contributed by atoms with Crippen LogP contribution in [0.15, 0.2) is 66.3 Å². The molecular weight excluding hydrogens is 500 g/mol. The van der Waals surface area contributed by atoms with Crippen molar-refractivity contribution in [3.05, 3.63) is 77.4 Å². The first-order chi connectivity index (χ1) is 18.4. The molecule has 0 radical (unpaired) electrons. The number of hydrogen-bond donors (Lipinski definition) is 1. The minimum atomic E-state index is -0.572. The Kier molecular flexibility index (Phi) is 7.64. The minimum Gasteiger partial charge on any atom is -0.352 e. The van der Waals surface area contributed by atoms with Crippen LogP contribution < -0.4 is 5.32 Å². The van der Waals surface area contributed by atoms with Crippen LogP contribution in [0.3, 0.4) is 0 Å². The summed E-state index contributed by atoms with van der Waals surface area (Å²) in [5, 5.41) is 4.96. The lowest BCUT2D eigenvalue weighted by atomic mass is 10.0. The van der Waals surface area contributed by atoms with Gasteiger partial charge in [0.2, 0.25) is 5.91 Å². The third-order valence-electron chi connectivity index (χ3n) is 7.33. The van der Waals surface area contributed by atoms with Gasteiger partial charge in [0.15, 0.2) is 5.78 Å². The van der Waals surface area contributed by atoms with Gasteiger partial charge in [-0.15, -0.1) is 11.3 Å². The van der Waals surface area contributed by atoms with Crippen LogP contribution in [-0.4, -0.2) is 70.0 Å². The van der Waals surface area contributed by atoms with E-state index in [9.17, 15) is 19.2 Å². The molecule has 0 spiro atoms. The molecule has 0 aliphatic carbocycles. The molecule has 2 saturated heterocycles. The van der Waals surface area contributed by atoms with Crippen LogP contribution in [0.5, 0.6) is 0 Å². The first kappa shape index (κ1) is 25.8. The number of carbonyl (C=O) groups is 4. The monoisotopic (exact) mass is 530 g/mol. The fourth-order valence-corrected chi connectivity index (χ4v) is 6.05. The number of likely N-dealkylation sites (tertiary alicyclic amines) is 2. The molecule has 8 nitrogen and oxygen atoms in total. The summed E-state index contributed by atoms with van der Waals surface area (Å²) in [7, 11) is 0. The van der Waals surface area contributed by atoms with Crippen LogP contribution in [0.25, 0.3) is 10.4 Å². The number of benzene rings is 1. The maximum atomic E-state index is 13.1. The highest BCUT2D eigenvalue weighted by Crippen LogP contribution is 2.32. The average molecular weight is 531 g/mol. The van der Waals surface area contributed by atoms with Crippen LogP contribution in [0.4, 0.5) is 0 Å². The second kappa shape index (κ2) is 11.3. The number of nitrogens with zero attached hydrogens (tertiary/aromatic N) is 3. The molecular formula is C29H30N4O4S. The topological polar surface area (TPSA) is 99.7 Å². The summed E-state index contributed by atoms with van der Waals surface area (Å²) in [6, 6.07) is 14.0. The summed E-state index contributed by atoms with van der Waals surface area (Å²) in [5.41, 5.74) is 2.17. The second-order valence-electron chi connectivity index (χ2n) is 9.93. The number of nitrogens with one attached hydrogen (secondary N) is 1. The van der Waals surface area contributed by atoms with Gasteiger partial charge < -0.3 is 15.1 Å². The molecule has 3 unspecified atom stereocenters. The summed E-state index contributed by atoms with van der Waals surface area (Å²) < 4.78 is 0. The molecule has 38 heavy (non-hydrogen) atoms. The number of pyridine rings is 1. The standard InChI is InChI=1S/C29H30N4O4S/c1-19(8-14-31-28(36)21-6-4-20(5-7-21)25-3-2-16-38-25)17-26(35)32-15-11-23-27(32)24(34)18-33(23)29(37)22-9-12-30-13-10-22/h2-7,9-10,12-13,16,19,23,27H,8,11,14-15,17-18H2,1H3,(H,31,36). The first-order valence-corrected chi connectivity index (χ1v) is 13.8. The van der Waals surface area contributed by atoms with Crippen molar-refractivity contribution in [2.45, 2.75) is 38.3 Å². The molecule has 1 N–H and O–H groups in total. The van der Waals surface area contributed by atoms with Crippen molar-refractivity contribution in [2.75, 3.05) is 19.6 Å². The van der Waals surface area contributed by atoms with Crippen LogP contribution in [0.2, 0.25) is 0 Å². The van der Waals surface area contributed by atoms with E-state index in [1.807, 2.05) is 48.7 Å². The van der Waals surface area contributed by atoms with E-state index in [2.05, 4.69) is 10.3 Å². The molecule has 5 rings (SSSR count). The van der Waals surface area contributed by atoms with Crippen molar-refractivity contribution in [1.29, 1.82) is 0 Å². The molecule has 0 bridgehead atoms. The predicted octanol–water partition coefficient (Wildman–Crippen LogP) is 3.65. The van der Waals surface area contributed by atoms with E-state index in [4.69, 9.17) is 0 Å². The third kappa shape index (κ3) is 5.38. The number of Topliss-reactive ketones (excluding diaryl/α,β-unsaturated/α-hetero) is 1. The Morgan fingerprint density at radius 3 is 2.53 bits per heavy atom. The van der Waals surface area contributed by atoms with E-state index in [1.54, 1.807) is 45.7 Å². The Hall–Kier alpha value is -3.85. The van der Waals surface area contributed by atoms with Crippen LogP contribution in [0.1, 0.15) is 46.9 Å². The highest BCUT2D eigenvalue weighted by molar-refractivity contribution is 7.13. The molecule has 2 aliphatic heterocycles. The van der Waals surface area contributed by atoms with Gasteiger partial charge in [-0.25, -0.2) is 0 Å². The molecule has 3 amide bonds. The molecule has 0 saturated carbocycles. The number of ketones is 1. The molecule has 9 heteroatoms. The molecule has 2 fully saturated rings. The summed E-state index contributed by atoms with van der Waals surface area (Å²) in [6.45, 7) is 2.92. The Morgan fingerprint density at radius 1 is 1.05 bits per heavy atom. The summed E-state index contributed by atoms with van der Waals surface area (Å²) >= 11 is 1.66. The first-order valence-electron chi connectivity index (χ1n) is 12.9. The Labute approximate surface area is 225 Å². The maximum Gasteiger partial charge on any atom is 0.254 e. The average Bonchev–Trinajstić information content (AvgIpc) is 3.68. The fraction of sp³-hybridized carbons (Fsp3) is 0.345. The lowest BCUT2D eigenvalue weighted by molar-refractivity contribution is -0.137. The van der Waals surface area contributed by atoms with Gasteiger partial charge in [-0.2, -0.15) is 0 Å². The van der Waals surface area contributed by atoms with E-state index in [0.717, 1.165) is 10.4 Å². The van der Waals surface area contributed by atoms with Crippen molar-refractivity contribution in [3.63, 3.8) is 0 Å². The summed E-state index contributed by atoms with van der Waals surface area (Å²) in [4.78, 5) is 59.8. The quantitative estimate of drug-likeness (QED) is 0.479. The van der Waals surface area contributed by atoms with E-state index < -0.39 is 6.04 Å². The number of carbonyl (C=O) groups excluding carboxylic acids is 4. The van der Waals surface area contributed by atoms with E-state index >= 15 is 0 Å². The van der Waals surface area contributed by atoms with Crippen molar-refractivity contribution >= 4 is 34.8 Å². The SMILES string of the molecule is CC(CCNC(=O)c1ccc(-c2cccs2)cc1)CC(=O)N1CCC2C1C(=O)CN2C(=O)c1ccncc1. The highest BCUT2D eigenvalue weighted by atomic mass is 32.1. The lowest BCUT2D eigenvalue weighted by Crippen LogP contribution is -2.44. The zero-order valence-electron chi connectivity index (χ0n) is 21.2.